The number of imide groups is 1. The van der Waals surface area contributed by atoms with Gasteiger partial charge in [-0.2, -0.15) is 0 Å². The van der Waals surface area contributed by atoms with Crippen LogP contribution in [-0.4, -0.2) is 29.9 Å². The molecule has 4 nitrogen and oxygen atoms in total. The van der Waals surface area contributed by atoms with E-state index in [1.807, 2.05) is 0 Å². The molecular formula is C6H9NO3Y. The minimum atomic E-state index is -0.602. The van der Waals surface area contributed by atoms with Crippen LogP contribution >= 0.6 is 0 Å². The molecule has 0 saturated carbocycles. The van der Waals surface area contributed by atoms with Crippen LogP contribution in [0.1, 0.15) is 6.92 Å². The molecule has 0 aliphatic heterocycles. The van der Waals surface area contributed by atoms with Crippen molar-refractivity contribution in [2.45, 2.75) is 6.92 Å². The number of amides is 2. The predicted octanol–water partition coefficient (Wildman–Crippen LogP) is -0.422. The van der Waals surface area contributed by atoms with Crippen LogP contribution in [0.15, 0.2) is 0 Å². The number of ether oxygens (including phenoxy) is 1. The molecule has 0 aliphatic carbocycles. The van der Waals surface area contributed by atoms with Gasteiger partial charge in [-0.3, -0.25) is 11.7 Å². The minimum absolute atomic E-state index is 0. The first-order valence-electron chi connectivity index (χ1n) is 2.61. The Labute approximate surface area is 90.5 Å². The predicted molar refractivity (Wildman–Crippen MR) is 34.4 cm³/mol. The molecule has 59 valence electrons. The molecule has 0 aromatic heterocycles. The second-order valence-electron chi connectivity index (χ2n) is 1.62. The summed E-state index contributed by atoms with van der Waals surface area (Å²) in [6.07, 6.45) is 1.01. The van der Waals surface area contributed by atoms with Crippen LogP contribution < -0.4 is 0 Å². The van der Waals surface area contributed by atoms with E-state index in [2.05, 4.69) is 11.7 Å². The zero-order chi connectivity index (χ0) is 8.15. The first-order valence-corrected chi connectivity index (χ1v) is 2.61. The zero-order valence-electron chi connectivity index (χ0n) is 6.53. The third-order valence-electron chi connectivity index (χ3n) is 0.819. The number of nitrogens with zero attached hydrogens (tertiary/aromatic N) is 1. The number of carbonyl (C=O) groups is 2. The van der Waals surface area contributed by atoms with Gasteiger partial charge in [0.05, 0.1) is 14.0 Å². The van der Waals surface area contributed by atoms with E-state index in [0.29, 0.717) is 0 Å². The Morgan fingerprint density at radius 1 is 1.55 bits per heavy atom. The van der Waals surface area contributed by atoms with Crippen molar-refractivity contribution in [3.8, 4) is 0 Å². The summed E-state index contributed by atoms with van der Waals surface area (Å²) in [5, 5.41) is 0. The summed E-state index contributed by atoms with van der Waals surface area (Å²) in [4.78, 5) is 21.0. The van der Waals surface area contributed by atoms with Crippen molar-refractivity contribution >= 4 is 18.2 Å². The van der Waals surface area contributed by atoms with Crippen LogP contribution in [0.5, 0.6) is 0 Å². The number of hydrogen-bond acceptors (Lipinski definition) is 3. The van der Waals surface area contributed by atoms with Gasteiger partial charge in [0.15, 0.2) is 0 Å². The maximum atomic E-state index is 10.5. The summed E-state index contributed by atoms with van der Waals surface area (Å²) in [5.41, 5.74) is 0. The van der Waals surface area contributed by atoms with E-state index in [4.69, 9.17) is 0 Å². The average Bonchev–Trinajstić information content (AvgIpc) is 1.81. The van der Waals surface area contributed by atoms with E-state index in [-0.39, 0.29) is 32.7 Å². The van der Waals surface area contributed by atoms with Gasteiger partial charge in [0.25, 0.3) is 5.91 Å². The first kappa shape index (κ1) is 13.4. The smallest absolute Gasteiger partial charge is 0.392 e. The van der Waals surface area contributed by atoms with Gasteiger partial charge in [0.2, 0.25) is 0 Å². The number of methoxy groups -OCH3 is 1. The standard InChI is InChI=1S/C6H9NO3.Y/c1-5(8)7(4-10-3)6(2)9;/h4H,1H2,2-3H3;. The third kappa shape index (κ3) is 5.10. The van der Waals surface area contributed by atoms with Crippen molar-refractivity contribution in [3.05, 3.63) is 6.92 Å². The molecule has 0 aliphatic rings. The van der Waals surface area contributed by atoms with Crippen molar-refractivity contribution in [2.75, 3.05) is 7.11 Å². The Balaban J connectivity index is 0. The summed E-state index contributed by atoms with van der Waals surface area (Å²) < 4.78 is 5.22. The van der Waals surface area contributed by atoms with E-state index >= 15 is 0 Å². The van der Waals surface area contributed by atoms with Gasteiger partial charge in [-0.25, -0.2) is 4.79 Å². The van der Waals surface area contributed by atoms with Crippen molar-refractivity contribution in [2.24, 2.45) is 0 Å². The molecule has 1 radical (unpaired) electrons. The molecule has 0 N–H and O–H groups in total. The van der Waals surface area contributed by atoms with Crippen molar-refractivity contribution in [3.63, 3.8) is 0 Å². The Morgan fingerprint density at radius 2 is 2.00 bits per heavy atom. The maximum Gasteiger partial charge on any atom is 0.392 e. The Hall–Kier alpha value is -0.216. The van der Waals surface area contributed by atoms with Crippen LogP contribution in [0.25, 0.3) is 0 Å². The molecule has 0 saturated heterocycles. The quantitative estimate of drug-likeness (QED) is 0.267. The van der Waals surface area contributed by atoms with Crippen LogP contribution in [-0.2, 0) is 47.0 Å². The molecule has 0 atom stereocenters. The normalized spacial score (nSPS) is 9.82. The topological polar surface area (TPSA) is 46.4 Å². The Morgan fingerprint density at radius 3 is 2.09 bits per heavy atom. The molecular weight excluding hydrogens is 223 g/mol. The monoisotopic (exact) mass is 232 g/mol. The summed E-state index contributed by atoms with van der Waals surface area (Å²) >= 11 is 0. The fraction of sp³-hybridized carbons (Fsp3) is 0.333. The maximum absolute atomic E-state index is 10.5. The average molecular weight is 232 g/mol. The number of carbonyl (C=O) groups excluding carboxylic acids is 2. The Bertz CT molecular complexity index is 172. The summed E-state index contributed by atoms with van der Waals surface area (Å²) in [6.45, 7) is 4.28. The zero-order valence-corrected chi connectivity index (χ0v) is 9.37. The van der Waals surface area contributed by atoms with Crippen molar-refractivity contribution in [1.29, 1.82) is 0 Å². The van der Waals surface area contributed by atoms with Crippen LogP contribution in [0, 0.1) is 6.92 Å². The summed E-state index contributed by atoms with van der Waals surface area (Å²) in [7, 11) is 1.35. The van der Waals surface area contributed by atoms with Gasteiger partial charge in [0.1, 0.15) is 0 Å². The van der Waals surface area contributed by atoms with Gasteiger partial charge in [-0.15, -0.1) is 0 Å². The van der Waals surface area contributed by atoms with Gasteiger partial charge in [-0.05, 0) is 0 Å². The van der Waals surface area contributed by atoms with E-state index in [9.17, 15) is 9.59 Å². The van der Waals surface area contributed by atoms with Gasteiger partial charge < -0.3 is 4.74 Å². The van der Waals surface area contributed by atoms with Crippen LogP contribution in [0.2, 0.25) is 0 Å². The van der Waals surface area contributed by atoms with Gasteiger partial charge in [-0.1, -0.05) is 4.58 Å². The summed E-state index contributed by atoms with van der Waals surface area (Å²) in [5.74, 6) is -1.02. The minimum Gasteiger partial charge on any atom is -0.453 e. The molecule has 0 fully saturated rings. The molecule has 11 heavy (non-hydrogen) atoms. The van der Waals surface area contributed by atoms with Crippen LogP contribution in [0.3, 0.4) is 0 Å². The molecule has 0 unspecified atom stereocenters. The molecule has 0 aromatic rings. The largest absolute Gasteiger partial charge is 0.453 e. The van der Waals surface area contributed by atoms with Gasteiger partial charge >= 0.3 is 12.3 Å². The molecule has 0 aromatic carbocycles. The van der Waals surface area contributed by atoms with Crippen molar-refractivity contribution in [1.82, 2.24) is 0 Å². The summed E-state index contributed by atoms with van der Waals surface area (Å²) in [6, 6.07) is 0. The fourth-order valence-electron chi connectivity index (χ4n) is 0.414. The molecule has 0 heterocycles. The number of rotatable bonds is 1. The fourth-order valence-corrected chi connectivity index (χ4v) is 0.414. The van der Waals surface area contributed by atoms with E-state index < -0.39 is 11.8 Å². The van der Waals surface area contributed by atoms with E-state index in [0.717, 1.165) is 11.0 Å². The van der Waals surface area contributed by atoms with Gasteiger partial charge in [0, 0.05) is 32.7 Å². The molecule has 0 spiro atoms. The molecule has 0 rings (SSSR count). The molecule has 2 amide bonds. The SMILES string of the molecule is [CH2-]C(=O)[N+](=COC)C(C)=O.[Y]. The Kier molecular flexibility index (Phi) is 7.90. The second kappa shape index (κ2) is 6.49. The van der Waals surface area contributed by atoms with E-state index in [1.165, 1.54) is 14.0 Å². The number of hydrogen-bond donors (Lipinski definition) is 0. The van der Waals surface area contributed by atoms with Crippen LogP contribution in [0.4, 0.5) is 0 Å². The molecule has 0 bridgehead atoms. The first-order chi connectivity index (χ1) is 4.59. The molecule has 5 heteroatoms. The third-order valence-corrected chi connectivity index (χ3v) is 0.819. The van der Waals surface area contributed by atoms with E-state index in [1.54, 1.807) is 0 Å². The second-order valence-corrected chi connectivity index (χ2v) is 1.62. The van der Waals surface area contributed by atoms with Crippen molar-refractivity contribution < 1.29 is 51.6 Å².